The van der Waals surface area contributed by atoms with Gasteiger partial charge in [0, 0.05) is 12.3 Å². The molecular weight excluding hydrogens is 391 g/mol. The van der Waals surface area contributed by atoms with Crippen LogP contribution in [0.1, 0.15) is 54.2 Å². The molecule has 5 atom stereocenters. The second-order valence-electron chi connectivity index (χ2n) is 9.08. The maximum Gasteiger partial charge on any atom is 0.473 e. The van der Waals surface area contributed by atoms with E-state index in [-0.39, 0.29) is 5.41 Å². The Morgan fingerprint density at radius 2 is 1.86 bits per heavy atom. The fourth-order valence-electron chi connectivity index (χ4n) is 3.00. The summed E-state index contributed by atoms with van der Waals surface area (Å²) in [5, 5.41) is 10.7. The maximum absolute atomic E-state index is 12.4. The van der Waals surface area contributed by atoms with Gasteiger partial charge in [-0.1, -0.05) is 20.8 Å². The topological polar surface area (TPSA) is 140 Å². The first kappa shape index (κ1) is 23.0. The summed E-state index contributed by atoms with van der Waals surface area (Å²) in [6.45, 7) is 10.6. The summed E-state index contributed by atoms with van der Waals surface area (Å²) < 4.78 is 29.6. The Bertz CT molecular complexity index is 850. The van der Waals surface area contributed by atoms with Gasteiger partial charge >= 0.3 is 13.5 Å². The Labute approximate surface area is 163 Å². The van der Waals surface area contributed by atoms with E-state index >= 15 is 0 Å². The fraction of sp³-hybridized carbons (Fsp3) is 0.765. The SMILES string of the molecule is CC(C)(C)C[C@H]1O[C@@H](n2ccc(=O)[nH]c2=O)[C@@H](O)C1OP(=O)(O)OC(C)(C)C. The van der Waals surface area contributed by atoms with E-state index in [0.29, 0.717) is 6.42 Å². The molecule has 160 valence electrons. The number of ether oxygens (including phenoxy) is 1. The third-order valence-electron chi connectivity index (χ3n) is 3.89. The molecule has 11 heteroatoms. The Hall–Kier alpha value is -1.29. The third kappa shape index (κ3) is 6.10. The van der Waals surface area contributed by atoms with Crippen LogP contribution in [0.25, 0.3) is 0 Å². The van der Waals surface area contributed by atoms with Crippen molar-refractivity contribution in [3.63, 3.8) is 0 Å². The standard InChI is InChI=1S/C17H29N2O8P/c1-16(2,3)9-10-13(26-28(23,24)27-17(4,5)6)12(21)14(25-10)19-8-7-11(20)18-15(19)22/h7-8,10,12-14,21H,9H2,1-6H3,(H,23,24)(H,18,20,22)/t10-,12+,13?,14-/m1/s1. The number of H-pyrrole nitrogens is 1. The van der Waals surface area contributed by atoms with Gasteiger partial charge in [-0.05, 0) is 32.6 Å². The second-order valence-corrected chi connectivity index (χ2v) is 10.4. The van der Waals surface area contributed by atoms with Crippen LogP contribution in [0.4, 0.5) is 0 Å². The summed E-state index contributed by atoms with van der Waals surface area (Å²) in [6, 6.07) is 1.12. The van der Waals surface area contributed by atoms with Crippen molar-refractivity contribution in [1.82, 2.24) is 9.55 Å². The van der Waals surface area contributed by atoms with Crippen molar-refractivity contribution in [2.45, 2.75) is 78.1 Å². The summed E-state index contributed by atoms with van der Waals surface area (Å²) >= 11 is 0. The van der Waals surface area contributed by atoms with Crippen LogP contribution in [0.3, 0.4) is 0 Å². The van der Waals surface area contributed by atoms with Gasteiger partial charge in [-0.25, -0.2) is 9.36 Å². The van der Waals surface area contributed by atoms with Crippen molar-refractivity contribution in [3.8, 4) is 0 Å². The lowest BCUT2D eigenvalue weighted by Gasteiger charge is -2.29. The van der Waals surface area contributed by atoms with Crippen molar-refractivity contribution in [1.29, 1.82) is 0 Å². The summed E-state index contributed by atoms with van der Waals surface area (Å²) in [7, 11) is -4.53. The molecule has 28 heavy (non-hydrogen) atoms. The molecule has 2 rings (SSSR count). The number of nitrogens with one attached hydrogen (secondary N) is 1. The fourth-order valence-corrected chi connectivity index (χ4v) is 4.30. The highest BCUT2D eigenvalue weighted by atomic mass is 31.2. The van der Waals surface area contributed by atoms with Gasteiger partial charge in [-0.2, -0.15) is 0 Å². The minimum atomic E-state index is -4.53. The summed E-state index contributed by atoms with van der Waals surface area (Å²) in [5.74, 6) is 0. The molecule has 0 radical (unpaired) electrons. The lowest BCUT2D eigenvalue weighted by Crippen LogP contribution is -2.39. The summed E-state index contributed by atoms with van der Waals surface area (Å²) in [4.78, 5) is 35.6. The molecule has 1 aromatic rings. The van der Waals surface area contributed by atoms with Gasteiger partial charge in [0.1, 0.15) is 12.2 Å². The van der Waals surface area contributed by atoms with E-state index < -0.39 is 49.2 Å². The van der Waals surface area contributed by atoms with Crippen molar-refractivity contribution in [2.24, 2.45) is 5.41 Å². The smallest absolute Gasteiger partial charge is 0.386 e. The van der Waals surface area contributed by atoms with Crippen molar-refractivity contribution >= 4 is 7.82 Å². The number of aliphatic hydroxyl groups is 1. The molecule has 0 spiro atoms. The second kappa shape index (κ2) is 7.85. The molecule has 0 bridgehead atoms. The highest BCUT2D eigenvalue weighted by molar-refractivity contribution is 7.47. The molecule has 2 unspecified atom stereocenters. The van der Waals surface area contributed by atoms with Crippen LogP contribution in [0.15, 0.2) is 21.9 Å². The van der Waals surface area contributed by atoms with E-state index in [2.05, 4.69) is 4.98 Å². The average Bonchev–Trinajstić information content (AvgIpc) is 2.71. The summed E-state index contributed by atoms with van der Waals surface area (Å²) in [5.41, 5.74) is -2.58. The number of hydrogen-bond donors (Lipinski definition) is 3. The molecule has 1 aromatic heterocycles. The minimum absolute atomic E-state index is 0.263. The van der Waals surface area contributed by atoms with Crippen LogP contribution < -0.4 is 11.2 Å². The Morgan fingerprint density at radius 1 is 1.25 bits per heavy atom. The van der Waals surface area contributed by atoms with Crippen LogP contribution in [0.2, 0.25) is 0 Å². The van der Waals surface area contributed by atoms with Gasteiger partial charge in [-0.15, -0.1) is 0 Å². The number of aromatic nitrogens is 2. The first-order valence-corrected chi connectivity index (χ1v) is 10.4. The van der Waals surface area contributed by atoms with Crippen molar-refractivity contribution in [3.05, 3.63) is 33.1 Å². The molecule has 1 saturated heterocycles. The zero-order chi connectivity index (χ0) is 21.5. The molecule has 2 heterocycles. The Balaban J connectivity index is 2.35. The largest absolute Gasteiger partial charge is 0.473 e. The molecule has 10 nitrogen and oxygen atoms in total. The number of phosphoric ester groups is 1. The van der Waals surface area contributed by atoms with Crippen LogP contribution in [-0.2, 0) is 18.3 Å². The average molecular weight is 420 g/mol. The van der Waals surface area contributed by atoms with Crippen LogP contribution in [0.5, 0.6) is 0 Å². The van der Waals surface area contributed by atoms with Crippen LogP contribution >= 0.6 is 7.82 Å². The van der Waals surface area contributed by atoms with Gasteiger partial charge < -0.3 is 14.7 Å². The first-order valence-electron chi connectivity index (χ1n) is 8.95. The lowest BCUT2D eigenvalue weighted by atomic mass is 9.87. The van der Waals surface area contributed by atoms with Crippen molar-refractivity contribution in [2.75, 3.05) is 0 Å². The summed E-state index contributed by atoms with van der Waals surface area (Å²) in [6.07, 6.45) is -3.09. The van der Waals surface area contributed by atoms with Gasteiger partial charge in [-0.3, -0.25) is 23.4 Å². The van der Waals surface area contributed by atoms with E-state index in [4.69, 9.17) is 13.8 Å². The number of phosphoric acid groups is 1. The molecule has 3 N–H and O–H groups in total. The minimum Gasteiger partial charge on any atom is -0.386 e. The van der Waals surface area contributed by atoms with Crippen molar-refractivity contribution < 1.29 is 28.3 Å². The van der Waals surface area contributed by atoms with Gasteiger partial charge in [0.05, 0.1) is 11.7 Å². The molecule has 0 aromatic carbocycles. The van der Waals surface area contributed by atoms with E-state index in [0.717, 1.165) is 10.6 Å². The number of nitrogens with zero attached hydrogens (tertiary/aromatic N) is 1. The molecule has 0 saturated carbocycles. The number of hydrogen-bond acceptors (Lipinski definition) is 7. The number of aromatic amines is 1. The highest BCUT2D eigenvalue weighted by Crippen LogP contribution is 2.51. The highest BCUT2D eigenvalue weighted by Gasteiger charge is 2.50. The van der Waals surface area contributed by atoms with Crippen LogP contribution in [0, 0.1) is 5.41 Å². The number of aliphatic hydroxyl groups excluding tert-OH is 1. The lowest BCUT2D eigenvalue weighted by molar-refractivity contribution is -0.0504. The predicted molar refractivity (Wildman–Crippen MR) is 101 cm³/mol. The number of rotatable bonds is 5. The maximum atomic E-state index is 12.4. The predicted octanol–water partition coefficient (Wildman–Crippen LogP) is 1.53. The monoisotopic (exact) mass is 420 g/mol. The molecule has 1 fully saturated rings. The molecule has 0 aliphatic carbocycles. The zero-order valence-corrected chi connectivity index (χ0v) is 17.8. The van der Waals surface area contributed by atoms with E-state index in [1.54, 1.807) is 20.8 Å². The van der Waals surface area contributed by atoms with Crippen LogP contribution in [-0.4, -0.2) is 43.5 Å². The Morgan fingerprint density at radius 3 is 2.36 bits per heavy atom. The van der Waals surface area contributed by atoms with Gasteiger partial charge in [0.25, 0.3) is 5.56 Å². The van der Waals surface area contributed by atoms with Gasteiger partial charge in [0.15, 0.2) is 6.23 Å². The van der Waals surface area contributed by atoms with E-state index in [1.165, 1.54) is 6.20 Å². The molecule has 1 aliphatic rings. The Kier molecular flexibility index (Phi) is 6.45. The zero-order valence-electron chi connectivity index (χ0n) is 16.9. The van der Waals surface area contributed by atoms with E-state index in [1.807, 2.05) is 20.8 Å². The molecule has 0 amide bonds. The molecule has 1 aliphatic heterocycles. The normalized spacial score (nSPS) is 28.3. The first-order chi connectivity index (χ1) is 12.6. The van der Waals surface area contributed by atoms with E-state index in [9.17, 15) is 24.2 Å². The quantitative estimate of drug-likeness (QED) is 0.609. The molecular formula is C17H29N2O8P. The third-order valence-corrected chi connectivity index (χ3v) is 5.18. The van der Waals surface area contributed by atoms with Gasteiger partial charge in [0.2, 0.25) is 0 Å².